The van der Waals surface area contributed by atoms with E-state index in [1.165, 1.54) is 148 Å². The first-order valence-electron chi connectivity index (χ1n) is 27.6. The summed E-state index contributed by atoms with van der Waals surface area (Å²) in [6.45, 7) is 6.55. The molecule has 0 saturated carbocycles. The smallest absolute Gasteiger partial charge is 0.306 e. The number of ether oxygens (including phenoxy) is 3. The molecule has 372 valence electrons. The molecule has 0 aliphatic rings. The molecule has 0 saturated heterocycles. The van der Waals surface area contributed by atoms with Gasteiger partial charge in [0.25, 0.3) is 0 Å². The average Bonchev–Trinajstić information content (AvgIpc) is 3.29. The first-order valence-corrected chi connectivity index (χ1v) is 27.6. The molecule has 0 aliphatic heterocycles. The fourth-order valence-electron chi connectivity index (χ4n) is 7.82. The van der Waals surface area contributed by atoms with Crippen molar-refractivity contribution in [3.63, 3.8) is 0 Å². The Labute approximate surface area is 397 Å². The fraction of sp³-hybridized carbons (Fsp3) is 0.810. The Morgan fingerprint density at radius 1 is 0.312 bits per heavy atom. The second-order valence-corrected chi connectivity index (χ2v) is 18.5. The quantitative estimate of drug-likeness (QED) is 0.0262. The van der Waals surface area contributed by atoms with E-state index in [1.54, 1.807) is 0 Å². The van der Waals surface area contributed by atoms with Crippen LogP contribution in [0.3, 0.4) is 0 Å². The largest absolute Gasteiger partial charge is 0.462 e. The highest BCUT2D eigenvalue weighted by Crippen LogP contribution is 2.15. The van der Waals surface area contributed by atoms with E-state index >= 15 is 0 Å². The summed E-state index contributed by atoms with van der Waals surface area (Å²) >= 11 is 0. The van der Waals surface area contributed by atoms with Crippen molar-refractivity contribution in [2.24, 2.45) is 0 Å². The molecule has 0 heterocycles. The van der Waals surface area contributed by atoms with Crippen molar-refractivity contribution in [1.29, 1.82) is 0 Å². The van der Waals surface area contributed by atoms with Crippen molar-refractivity contribution >= 4 is 17.9 Å². The van der Waals surface area contributed by atoms with Crippen molar-refractivity contribution < 1.29 is 28.6 Å². The van der Waals surface area contributed by atoms with Crippen LogP contribution in [0.4, 0.5) is 0 Å². The van der Waals surface area contributed by atoms with Crippen LogP contribution in [0, 0.1) is 0 Å². The second-order valence-electron chi connectivity index (χ2n) is 18.5. The highest BCUT2D eigenvalue weighted by molar-refractivity contribution is 5.71. The van der Waals surface area contributed by atoms with Gasteiger partial charge in [0.05, 0.1) is 0 Å². The van der Waals surface area contributed by atoms with Crippen LogP contribution in [0.25, 0.3) is 0 Å². The van der Waals surface area contributed by atoms with Gasteiger partial charge in [0.2, 0.25) is 0 Å². The van der Waals surface area contributed by atoms with E-state index in [0.29, 0.717) is 19.3 Å². The van der Waals surface area contributed by atoms with E-state index in [1.807, 2.05) is 0 Å². The summed E-state index contributed by atoms with van der Waals surface area (Å²) in [5, 5.41) is 0. The lowest BCUT2D eigenvalue weighted by molar-refractivity contribution is -0.167. The van der Waals surface area contributed by atoms with Crippen molar-refractivity contribution in [2.45, 2.75) is 290 Å². The molecule has 0 aromatic carbocycles. The summed E-state index contributed by atoms with van der Waals surface area (Å²) in [7, 11) is 0. The van der Waals surface area contributed by atoms with Gasteiger partial charge in [-0.2, -0.15) is 0 Å². The number of hydrogen-bond acceptors (Lipinski definition) is 6. The number of rotatable bonds is 50. The maximum Gasteiger partial charge on any atom is 0.306 e. The lowest BCUT2D eigenvalue weighted by Gasteiger charge is -2.18. The van der Waals surface area contributed by atoms with Gasteiger partial charge in [0.15, 0.2) is 6.10 Å². The molecule has 1 atom stereocenters. The van der Waals surface area contributed by atoms with E-state index < -0.39 is 6.10 Å². The molecule has 0 rings (SSSR count). The van der Waals surface area contributed by atoms with Gasteiger partial charge >= 0.3 is 17.9 Å². The Kier molecular flexibility index (Phi) is 50.8. The molecule has 0 spiro atoms. The molecule has 6 nitrogen and oxygen atoms in total. The van der Waals surface area contributed by atoms with Gasteiger partial charge in [0.1, 0.15) is 13.2 Å². The average molecular weight is 897 g/mol. The number of unbranched alkanes of at least 4 members (excludes halogenated alkanes) is 31. The maximum atomic E-state index is 12.8. The molecular formula is C58H104O6. The third-order valence-corrected chi connectivity index (χ3v) is 12.0. The molecule has 0 aromatic rings. The van der Waals surface area contributed by atoms with E-state index in [-0.39, 0.29) is 31.1 Å². The summed E-state index contributed by atoms with van der Waals surface area (Å²) in [5.74, 6) is -0.899. The van der Waals surface area contributed by atoms with E-state index in [9.17, 15) is 14.4 Å². The Hall–Kier alpha value is -2.63. The van der Waals surface area contributed by atoms with Gasteiger partial charge in [-0.25, -0.2) is 0 Å². The van der Waals surface area contributed by atoms with Crippen molar-refractivity contribution in [3.05, 3.63) is 48.6 Å². The van der Waals surface area contributed by atoms with Gasteiger partial charge < -0.3 is 14.2 Å². The minimum Gasteiger partial charge on any atom is -0.462 e. The molecule has 1 unspecified atom stereocenters. The van der Waals surface area contributed by atoms with Gasteiger partial charge in [0, 0.05) is 19.3 Å². The number of carbonyl (C=O) groups excluding carboxylic acids is 3. The molecule has 0 aliphatic carbocycles. The number of allylic oxidation sites excluding steroid dienone is 8. The highest BCUT2D eigenvalue weighted by atomic mass is 16.6. The third-order valence-electron chi connectivity index (χ3n) is 12.0. The molecule has 0 N–H and O–H groups in total. The highest BCUT2D eigenvalue weighted by Gasteiger charge is 2.19. The zero-order chi connectivity index (χ0) is 46.5. The molecule has 64 heavy (non-hydrogen) atoms. The van der Waals surface area contributed by atoms with Crippen LogP contribution in [0.1, 0.15) is 284 Å². The number of carbonyl (C=O) groups is 3. The third kappa shape index (κ3) is 50.4. The fourth-order valence-corrected chi connectivity index (χ4v) is 7.82. The minimum absolute atomic E-state index is 0.0815. The lowest BCUT2D eigenvalue weighted by Crippen LogP contribution is -2.30. The van der Waals surface area contributed by atoms with E-state index in [4.69, 9.17) is 14.2 Å². The Bertz CT molecular complexity index is 1120. The second kappa shape index (κ2) is 53.0. The first kappa shape index (κ1) is 61.4. The summed E-state index contributed by atoms with van der Waals surface area (Å²) in [6, 6.07) is 0. The lowest BCUT2D eigenvalue weighted by atomic mass is 10.1. The minimum atomic E-state index is -0.783. The number of hydrogen-bond donors (Lipinski definition) is 0. The van der Waals surface area contributed by atoms with Crippen LogP contribution < -0.4 is 0 Å². The van der Waals surface area contributed by atoms with E-state index in [0.717, 1.165) is 96.3 Å². The maximum absolute atomic E-state index is 12.8. The van der Waals surface area contributed by atoms with Crippen LogP contribution in [0.2, 0.25) is 0 Å². The molecule has 0 bridgehead atoms. The van der Waals surface area contributed by atoms with Gasteiger partial charge in [-0.3, -0.25) is 14.4 Å². The van der Waals surface area contributed by atoms with Gasteiger partial charge in [-0.15, -0.1) is 0 Å². The van der Waals surface area contributed by atoms with Crippen molar-refractivity contribution in [3.8, 4) is 0 Å². The summed E-state index contributed by atoms with van der Waals surface area (Å²) < 4.78 is 16.8. The van der Waals surface area contributed by atoms with Crippen LogP contribution in [-0.4, -0.2) is 37.2 Å². The topological polar surface area (TPSA) is 78.9 Å². The SMILES string of the molecule is CCC/C=C\C/C=C\CCCCCCCC(=O)OC(COC(=O)CCCCCCC/C=C\CCCCC)COC(=O)CCCCCCCCCCC/C=C\CCCCCCCCCC. The van der Waals surface area contributed by atoms with Gasteiger partial charge in [-0.1, -0.05) is 217 Å². The Morgan fingerprint density at radius 2 is 0.594 bits per heavy atom. The predicted molar refractivity (Wildman–Crippen MR) is 275 cm³/mol. The molecule has 0 aromatic heterocycles. The van der Waals surface area contributed by atoms with Crippen molar-refractivity contribution in [2.75, 3.05) is 13.2 Å². The molecule has 6 heteroatoms. The molecular weight excluding hydrogens is 793 g/mol. The normalized spacial score (nSPS) is 12.4. The van der Waals surface area contributed by atoms with Crippen LogP contribution in [0.5, 0.6) is 0 Å². The zero-order valence-corrected chi connectivity index (χ0v) is 42.6. The summed E-state index contributed by atoms with van der Waals surface area (Å²) in [5.41, 5.74) is 0. The molecule has 0 amide bonds. The van der Waals surface area contributed by atoms with Crippen LogP contribution >= 0.6 is 0 Å². The standard InChI is InChI=1S/C58H104O6/c1-4-7-10-13-16-19-22-25-26-27-28-29-30-31-32-34-36-39-42-45-48-51-57(60)63-54-55(53-62-56(59)50-47-44-41-38-35-24-21-18-15-12-9-6-3)64-58(61)52-49-46-43-40-37-33-23-20-17-14-11-8-5-2/h11,14,18,20-21,23,27-28,55H,4-10,12-13,15-17,19,22,24-26,29-54H2,1-3H3/b14-11-,21-18-,23-20-,28-27-. The summed E-state index contributed by atoms with van der Waals surface area (Å²) in [4.78, 5) is 38.0. The van der Waals surface area contributed by atoms with Gasteiger partial charge in [-0.05, 0) is 96.3 Å². The summed E-state index contributed by atoms with van der Waals surface area (Å²) in [6.07, 6.45) is 63.9. The van der Waals surface area contributed by atoms with Crippen LogP contribution in [-0.2, 0) is 28.6 Å². The Morgan fingerprint density at radius 3 is 0.969 bits per heavy atom. The monoisotopic (exact) mass is 897 g/mol. The van der Waals surface area contributed by atoms with E-state index in [2.05, 4.69) is 69.4 Å². The van der Waals surface area contributed by atoms with Crippen molar-refractivity contribution in [1.82, 2.24) is 0 Å². The predicted octanol–water partition coefficient (Wildman–Crippen LogP) is 18.3. The van der Waals surface area contributed by atoms with Crippen LogP contribution in [0.15, 0.2) is 48.6 Å². The molecule has 0 fully saturated rings. The first-order chi connectivity index (χ1) is 31.5. The zero-order valence-electron chi connectivity index (χ0n) is 42.6. The Balaban J connectivity index is 4.30. The number of esters is 3. The molecule has 0 radical (unpaired) electrons.